The number of aromatic nitrogens is 2. The fourth-order valence-corrected chi connectivity index (χ4v) is 3.27. The number of benzene rings is 1. The smallest absolute Gasteiger partial charge is 0.131 e. The topological polar surface area (TPSA) is 43.8 Å². The van der Waals surface area contributed by atoms with Crippen LogP contribution in [0.25, 0.3) is 0 Å². The molecule has 1 aromatic carbocycles. The van der Waals surface area contributed by atoms with Gasteiger partial charge in [-0.1, -0.05) is 23.2 Å². The Hall–Kier alpha value is -0.840. The van der Waals surface area contributed by atoms with Crippen molar-refractivity contribution in [2.75, 3.05) is 5.73 Å². The maximum Gasteiger partial charge on any atom is 0.131 e. The van der Waals surface area contributed by atoms with E-state index in [1.54, 1.807) is 22.5 Å². The van der Waals surface area contributed by atoms with Crippen LogP contribution in [0.1, 0.15) is 11.3 Å². The summed E-state index contributed by atoms with van der Waals surface area (Å²) in [6.07, 6.45) is 0. The van der Waals surface area contributed by atoms with Crippen molar-refractivity contribution in [3.63, 3.8) is 0 Å². The van der Waals surface area contributed by atoms with E-state index in [1.807, 2.05) is 26.1 Å². The Bertz CT molecular complexity index is 581. The van der Waals surface area contributed by atoms with Crippen molar-refractivity contribution in [1.29, 1.82) is 0 Å². The summed E-state index contributed by atoms with van der Waals surface area (Å²) in [5, 5.41) is 5.63. The van der Waals surface area contributed by atoms with Gasteiger partial charge in [-0.15, -0.1) is 11.8 Å². The number of thioether (sulfide) groups is 1. The van der Waals surface area contributed by atoms with Gasteiger partial charge in [0.1, 0.15) is 5.15 Å². The van der Waals surface area contributed by atoms with Crippen molar-refractivity contribution in [3.05, 3.63) is 39.6 Å². The molecule has 0 aliphatic heterocycles. The first-order valence-electron chi connectivity index (χ1n) is 5.35. The SMILES string of the molecule is Cc1nn(C)c(Cl)c1CSc1cc(Cl)ccc1N. The van der Waals surface area contributed by atoms with Gasteiger partial charge >= 0.3 is 0 Å². The second-order valence-corrected chi connectivity index (χ2v) is 5.76. The average Bonchev–Trinajstić information content (AvgIpc) is 2.55. The molecule has 6 heteroatoms. The van der Waals surface area contributed by atoms with Gasteiger partial charge in [-0.3, -0.25) is 4.68 Å². The van der Waals surface area contributed by atoms with E-state index in [4.69, 9.17) is 28.9 Å². The molecule has 18 heavy (non-hydrogen) atoms. The molecule has 0 atom stereocenters. The molecule has 0 unspecified atom stereocenters. The van der Waals surface area contributed by atoms with Gasteiger partial charge in [0, 0.05) is 34.0 Å². The van der Waals surface area contributed by atoms with Gasteiger partial charge in [0.15, 0.2) is 0 Å². The van der Waals surface area contributed by atoms with E-state index >= 15 is 0 Å². The molecule has 2 aromatic rings. The van der Waals surface area contributed by atoms with Gasteiger partial charge in [0.25, 0.3) is 0 Å². The molecule has 2 rings (SSSR count). The van der Waals surface area contributed by atoms with Gasteiger partial charge in [0.2, 0.25) is 0 Å². The normalized spacial score (nSPS) is 10.9. The van der Waals surface area contributed by atoms with Crippen LogP contribution in [0.2, 0.25) is 10.2 Å². The van der Waals surface area contributed by atoms with Crippen LogP contribution in [-0.4, -0.2) is 9.78 Å². The highest BCUT2D eigenvalue weighted by molar-refractivity contribution is 7.98. The minimum Gasteiger partial charge on any atom is -0.398 e. The summed E-state index contributed by atoms with van der Waals surface area (Å²) in [5.41, 5.74) is 8.60. The van der Waals surface area contributed by atoms with Crippen LogP contribution in [0.15, 0.2) is 23.1 Å². The third-order valence-corrected chi connectivity index (χ3v) is 4.42. The van der Waals surface area contributed by atoms with E-state index in [0.29, 0.717) is 10.2 Å². The summed E-state index contributed by atoms with van der Waals surface area (Å²) in [7, 11) is 1.83. The van der Waals surface area contributed by atoms with Crippen LogP contribution >= 0.6 is 35.0 Å². The quantitative estimate of drug-likeness (QED) is 0.690. The van der Waals surface area contributed by atoms with Crippen LogP contribution < -0.4 is 5.73 Å². The van der Waals surface area contributed by atoms with Crippen LogP contribution in [0.5, 0.6) is 0 Å². The first-order valence-corrected chi connectivity index (χ1v) is 7.09. The third-order valence-electron chi connectivity index (χ3n) is 2.62. The molecular formula is C12H13Cl2N3S. The van der Waals surface area contributed by atoms with Crippen molar-refractivity contribution in [3.8, 4) is 0 Å². The Morgan fingerprint density at radius 1 is 1.39 bits per heavy atom. The summed E-state index contributed by atoms with van der Waals surface area (Å²) in [6.45, 7) is 1.95. The molecule has 1 aromatic heterocycles. The monoisotopic (exact) mass is 301 g/mol. The maximum atomic E-state index is 6.18. The molecule has 0 aliphatic rings. The van der Waals surface area contributed by atoms with E-state index in [1.165, 1.54) is 0 Å². The number of halogens is 2. The van der Waals surface area contributed by atoms with Crippen LogP contribution in [0.4, 0.5) is 5.69 Å². The first-order chi connectivity index (χ1) is 8.49. The molecule has 0 fully saturated rings. The zero-order valence-corrected chi connectivity index (χ0v) is 12.4. The van der Waals surface area contributed by atoms with E-state index in [9.17, 15) is 0 Å². The molecule has 0 amide bonds. The minimum absolute atomic E-state index is 0.667. The average molecular weight is 302 g/mol. The predicted octanol–water partition coefficient (Wildman–Crippen LogP) is 3.91. The lowest BCUT2D eigenvalue weighted by Gasteiger charge is -2.06. The maximum absolute atomic E-state index is 6.18. The van der Waals surface area contributed by atoms with E-state index in [-0.39, 0.29) is 0 Å². The lowest BCUT2D eigenvalue weighted by Crippen LogP contribution is -1.90. The summed E-state index contributed by atoms with van der Waals surface area (Å²) < 4.78 is 1.67. The Labute approximate surface area is 120 Å². The number of aryl methyl sites for hydroxylation is 2. The molecule has 0 bridgehead atoms. The number of anilines is 1. The molecule has 3 nitrogen and oxygen atoms in total. The van der Waals surface area contributed by atoms with Crippen LogP contribution in [0.3, 0.4) is 0 Å². The Morgan fingerprint density at radius 2 is 2.11 bits per heavy atom. The summed E-state index contributed by atoms with van der Waals surface area (Å²) in [4.78, 5) is 0.960. The lowest BCUT2D eigenvalue weighted by molar-refractivity contribution is 0.757. The van der Waals surface area contributed by atoms with E-state index < -0.39 is 0 Å². The molecule has 1 heterocycles. The summed E-state index contributed by atoms with van der Waals surface area (Å²) in [6, 6.07) is 5.45. The molecule has 0 spiro atoms. The lowest BCUT2D eigenvalue weighted by atomic mass is 10.3. The van der Waals surface area contributed by atoms with Crippen molar-refractivity contribution in [2.45, 2.75) is 17.6 Å². The van der Waals surface area contributed by atoms with Crippen molar-refractivity contribution < 1.29 is 0 Å². The van der Waals surface area contributed by atoms with Crippen LogP contribution in [0, 0.1) is 6.92 Å². The van der Waals surface area contributed by atoms with E-state index in [2.05, 4.69) is 5.10 Å². The number of hydrogen-bond acceptors (Lipinski definition) is 3. The fraction of sp³-hybridized carbons (Fsp3) is 0.250. The fourth-order valence-electron chi connectivity index (χ4n) is 1.62. The highest BCUT2D eigenvalue weighted by Crippen LogP contribution is 2.33. The molecule has 0 saturated carbocycles. The molecule has 0 aliphatic carbocycles. The molecule has 0 saturated heterocycles. The Balaban J connectivity index is 2.19. The van der Waals surface area contributed by atoms with Gasteiger partial charge in [-0.05, 0) is 25.1 Å². The van der Waals surface area contributed by atoms with Gasteiger partial charge < -0.3 is 5.73 Å². The predicted molar refractivity (Wildman–Crippen MR) is 78.4 cm³/mol. The zero-order chi connectivity index (χ0) is 13.3. The second-order valence-electron chi connectivity index (χ2n) is 3.95. The van der Waals surface area contributed by atoms with Gasteiger partial charge in [-0.25, -0.2) is 0 Å². The molecule has 2 N–H and O–H groups in total. The van der Waals surface area contributed by atoms with E-state index in [0.717, 1.165) is 27.6 Å². The number of nitrogen functional groups attached to an aromatic ring is 1. The molecular weight excluding hydrogens is 289 g/mol. The summed E-state index contributed by atoms with van der Waals surface area (Å²) >= 11 is 13.7. The summed E-state index contributed by atoms with van der Waals surface area (Å²) in [5.74, 6) is 0.725. The highest BCUT2D eigenvalue weighted by atomic mass is 35.5. The second kappa shape index (κ2) is 5.43. The molecule has 0 radical (unpaired) electrons. The van der Waals surface area contributed by atoms with Crippen molar-refractivity contribution in [2.24, 2.45) is 7.05 Å². The highest BCUT2D eigenvalue weighted by Gasteiger charge is 2.12. The number of nitrogens with zero attached hydrogens (tertiary/aromatic N) is 2. The number of nitrogens with two attached hydrogens (primary N) is 1. The Kier molecular flexibility index (Phi) is 4.10. The van der Waals surface area contributed by atoms with Gasteiger partial charge in [-0.2, -0.15) is 5.10 Å². The van der Waals surface area contributed by atoms with Crippen LogP contribution in [-0.2, 0) is 12.8 Å². The number of hydrogen-bond donors (Lipinski definition) is 1. The molecule has 96 valence electrons. The third kappa shape index (κ3) is 2.76. The first kappa shape index (κ1) is 13.6. The minimum atomic E-state index is 0.667. The standard InChI is InChI=1S/C12H13Cl2N3S/c1-7-9(12(14)17(2)16-7)6-18-11-5-8(13)3-4-10(11)15/h3-5H,6,15H2,1-2H3. The van der Waals surface area contributed by atoms with Gasteiger partial charge in [0.05, 0.1) is 5.69 Å². The van der Waals surface area contributed by atoms with Crippen molar-refractivity contribution >= 4 is 40.7 Å². The zero-order valence-electron chi connectivity index (χ0n) is 10.1. The number of rotatable bonds is 3. The van der Waals surface area contributed by atoms with Crippen molar-refractivity contribution in [1.82, 2.24) is 9.78 Å². The largest absolute Gasteiger partial charge is 0.398 e. The Morgan fingerprint density at radius 3 is 2.72 bits per heavy atom.